The highest BCUT2D eigenvalue weighted by atomic mass is 15.1. The van der Waals surface area contributed by atoms with Crippen LogP contribution in [0.25, 0.3) is 0 Å². The third kappa shape index (κ3) is 2.31. The predicted molar refractivity (Wildman–Crippen MR) is 68.5 cm³/mol. The molecule has 0 atom stereocenters. The van der Waals surface area contributed by atoms with Gasteiger partial charge in [0.1, 0.15) is 0 Å². The predicted octanol–water partition coefficient (Wildman–Crippen LogP) is 1.01. The summed E-state index contributed by atoms with van der Waals surface area (Å²) in [4.78, 5) is 15.0. The van der Waals surface area contributed by atoms with Gasteiger partial charge in [-0.1, -0.05) is 6.07 Å². The van der Waals surface area contributed by atoms with E-state index in [-0.39, 0.29) is 0 Å². The number of aromatic nitrogens is 3. The van der Waals surface area contributed by atoms with Gasteiger partial charge in [0.05, 0.1) is 11.4 Å². The summed E-state index contributed by atoms with van der Waals surface area (Å²) in [6, 6.07) is 6.00. The molecule has 2 N–H and O–H groups in total. The van der Waals surface area contributed by atoms with Crippen molar-refractivity contribution in [1.82, 2.24) is 19.9 Å². The molecule has 0 unspecified atom stereocenters. The van der Waals surface area contributed by atoms with Crippen molar-refractivity contribution in [2.24, 2.45) is 0 Å². The first-order valence-corrected chi connectivity index (χ1v) is 6.04. The Morgan fingerprint density at radius 3 is 3.06 bits per heavy atom. The molecule has 5 heteroatoms. The first kappa shape index (κ1) is 11.1. The Morgan fingerprint density at radius 1 is 1.28 bits per heavy atom. The van der Waals surface area contributed by atoms with Crippen LogP contribution in [-0.4, -0.2) is 26.4 Å². The Labute approximate surface area is 106 Å². The fourth-order valence-electron chi connectivity index (χ4n) is 2.25. The smallest absolute Gasteiger partial charge is 0.220 e. The Balaban J connectivity index is 1.73. The van der Waals surface area contributed by atoms with Crippen LogP contribution in [0.5, 0.6) is 0 Å². The van der Waals surface area contributed by atoms with E-state index in [2.05, 4.69) is 25.9 Å². The number of nitrogens with two attached hydrogens (primary N) is 1. The van der Waals surface area contributed by atoms with Crippen LogP contribution in [-0.2, 0) is 19.5 Å². The molecule has 0 radical (unpaired) electrons. The van der Waals surface area contributed by atoms with E-state index in [9.17, 15) is 0 Å². The average Bonchev–Trinajstić information content (AvgIpc) is 2.40. The van der Waals surface area contributed by atoms with Gasteiger partial charge in [-0.15, -0.1) is 0 Å². The average molecular weight is 241 g/mol. The maximum absolute atomic E-state index is 5.59. The first-order chi connectivity index (χ1) is 8.81. The van der Waals surface area contributed by atoms with E-state index < -0.39 is 0 Å². The molecule has 0 saturated carbocycles. The van der Waals surface area contributed by atoms with Crippen molar-refractivity contribution in [2.45, 2.75) is 19.5 Å². The normalized spacial score (nSPS) is 15.3. The monoisotopic (exact) mass is 241 g/mol. The molecule has 3 heterocycles. The summed E-state index contributed by atoms with van der Waals surface area (Å²) >= 11 is 0. The molecule has 1 aliphatic heterocycles. The molecule has 0 amide bonds. The number of anilines is 1. The minimum atomic E-state index is 0.368. The number of pyridine rings is 1. The van der Waals surface area contributed by atoms with E-state index in [1.165, 1.54) is 5.56 Å². The van der Waals surface area contributed by atoms with Crippen molar-refractivity contribution in [1.29, 1.82) is 0 Å². The summed E-state index contributed by atoms with van der Waals surface area (Å²) in [5.41, 5.74) is 8.94. The second kappa shape index (κ2) is 4.70. The van der Waals surface area contributed by atoms with Crippen LogP contribution in [0.3, 0.4) is 0 Å². The third-order valence-corrected chi connectivity index (χ3v) is 3.14. The molecular weight excluding hydrogens is 226 g/mol. The largest absolute Gasteiger partial charge is 0.368 e. The summed E-state index contributed by atoms with van der Waals surface area (Å²) in [6.45, 7) is 2.72. The second-order valence-electron chi connectivity index (χ2n) is 4.48. The summed E-state index contributed by atoms with van der Waals surface area (Å²) in [5, 5.41) is 0. The van der Waals surface area contributed by atoms with Gasteiger partial charge in [0, 0.05) is 44.0 Å². The van der Waals surface area contributed by atoms with Crippen molar-refractivity contribution in [3.63, 3.8) is 0 Å². The summed E-state index contributed by atoms with van der Waals surface area (Å²) in [7, 11) is 0. The van der Waals surface area contributed by atoms with Crippen LogP contribution in [0.4, 0.5) is 5.95 Å². The van der Waals surface area contributed by atoms with Crippen LogP contribution in [0.15, 0.2) is 30.6 Å². The number of hydrogen-bond donors (Lipinski definition) is 1. The van der Waals surface area contributed by atoms with Crippen molar-refractivity contribution in [3.05, 3.63) is 47.5 Å². The number of nitrogen functional groups attached to an aromatic ring is 1. The molecule has 2 aromatic heterocycles. The number of hydrogen-bond acceptors (Lipinski definition) is 5. The molecule has 18 heavy (non-hydrogen) atoms. The zero-order valence-electron chi connectivity index (χ0n) is 10.1. The second-order valence-corrected chi connectivity index (χ2v) is 4.48. The molecular formula is C13H15N5. The van der Waals surface area contributed by atoms with Gasteiger partial charge in [-0.25, -0.2) is 9.97 Å². The van der Waals surface area contributed by atoms with E-state index in [1.54, 1.807) is 0 Å². The Bertz CT molecular complexity index is 540. The lowest BCUT2D eigenvalue weighted by atomic mass is 10.1. The molecule has 0 bridgehead atoms. The van der Waals surface area contributed by atoms with Gasteiger partial charge in [0.2, 0.25) is 5.95 Å². The van der Waals surface area contributed by atoms with E-state index in [4.69, 9.17) is 5.73 Å². The minimum absolute atomic E-state index is 0.368. The summed E-state index contributed by atoms with van der Waals surface area (Å²) in [5.74, 6) is 0.368. The van der Waals surface area contributed by atoms with Crippen molar-refractivity contribution >= 4 is 5.95 Å². The zero-order chi connectivity index (χ0) is 12.4. The molecule has 1 aliphatic rings. The quantitative estimate of drug-likeness (QED) is 0.850. The third-order valence-electron chi connectivity index (χ3n) is 3.14. The Morgan fingerprint density at radius 2 is 2.22 bits per heavy atom. The molecule has 2 aromatic rings. The molecule has 0 spiro atoms. The van der Waals surface area contributed by atoms with Gasteiger partial charge in [-0.05, 0) is 12.1 Å². The lowest BCUT2D eigenvalue weighted by molar-refractivity contribution is 0.240. The van der Waals surface area contributed by atoms with E-state index in [1.807, 2.05) is 24.5 Å². The maximum atomic E-state index is 5.59. The fourth-order valence-corrected chi connectivity index (χ4v) is 2.25. The van der Waals surface area contributed by atoms with Gasteiger partial charge in [0.25, 0.3) is 0 Å². The van der Waals surface area contributed by atoms with Crippen LogP contribution in [0, 0.1) is 0 Å². The van der Waals surface area contributed by atoms with Crippen LogP contribution in [0.1, 0.15) is 17.0 Å². The number of rotatable bonds is 2. The Hall–Kier alpha value is -2.01. The van der Waals surface area contributed by atoms with Gasteiger partial charge in [0.15, 0.2) is 0 Å². The van der Waals surface area contributed by atoms with Crippen molar-refractivity contribution < 1.29 is 0 Å². The van der Waals surface area contributed by atoms with Crippen molar-refractivity contribution in [3.8, 4) is 0 Å². The number of fused-ring (bicyclic) bond motifs is 1. The van der Waals surface area contributed by atoms with Gasteiger partial charge in [-0.3, -0.25) is 9.88 Å². The highest BCUT2D eigenvalue weighted by Gasteiger charge is 2.18. The van der Waals surface area contributed by atoms with Crippen molar-refractivity contribution in [2.75, 3.05) is 12.3 Å². The van der Waals surface area contributed by atoms with Crippen LogP contribution < -0.4 is 5.73 Å². The lowest BCUT2D eigenvalue weighted by Crippen LogP contribution is -2.31. The molecule has 0 aromatic carbocycles. The topological polar surface area (TPSA) is 67.9 Å². The zero-order valence-corrected chi connectivity index (χ0v) is 10.1. The van der Waals surface area contributed by atoms with E-state index in [0.29, 0.717) is 5.95 Å². The molecule has 0 aliphatic carbocycles. The summed E-state index contributed by atoms with van der Waals surface area (Å²) < 4.78 is 0. The lowest BCUT2D eigenvalue weighted by Gasteiger charge is -2.27. The van der Waals surface area contributed by atoms with Crippen LogP contribution >= 0.6 is 0 Å². The summed E-state index contributed by atoms with van der Waals surface area (Å²) in [6.07, 6.45) is 4.59. The molecule has 0 fully saturated rings. The highest BCUT2D eigenvalue weighted by Crippen LogP contribution is 2.18. The van der Waals surface area contributed by atoms with E-state index in [0.717, 1.165) is 37.4 Å². The Kier molecular flexibility index (Phi) is 2.90. The standard InChI is InChI=1S/C13H15N5/c14-13-16-7-10-8-18(6-4-12(10)17-13)9-11-3-1-2-5-15-11/h1-3,5,7H,4,6,8-9H2,(H2,14,16,17). The van der Waals surface area contributed by atoms with Gasteiger partial charge < -0.3 is 5.73 Å². The molecule has 92 valence electrons. The fraction of sp³-hybridized carbons (Fsp3) is 0.308. The van der Waals surface area contributed by atoms with Crippen LogP contribution in [0.2, 0.25) is 0 Å². The molecule has 0 saturated heterocycles. The first-order valence-electron chi connectivity index (χ1n) is 6.04. The SMILES string of the molecule is Nc1ncc2c(n1)CCN(Cc1ccccn1)C2. The maximum Gasteiger partial charge on any atom is 0.220 e. The van der Waals surface area contributed by atoms with Gasteiger partial charge >= 0.3 is 0 Å². The highest BCUT2D eigenvalue weighted by molar-refractivity contribution is 5.27. The molecule has 3 rings (SSSR count). The van der Waals surface area contributed by atoms with E-state index >= 15 is 0 Å². The van der Waals surface area contributed by atoms with Gasteiger partial charge in [-0.2, -0.15) is 0 Å². The molecule has 5 nitrogen and oxygen atoms in total. The number of nitrogens with zero attached hydrogens (tertiary/aromatic N) is 4. The minimum Gasteiger partial charge on any atom is -0.368 e.